The number of halogens is 1. The van der Waals surface area contributed by atoms with Gasteiger partial charge in [0.05, 0.1) is 12.8 Å². The molecule has 0 fully saturated rings. The first-order valence-corrected chi connectivity index (χ1v) is 6.80. The highest BCUT2D eigenvalue weighted by molar-refractivity contribution is 9.10. The van der Waals surface area contributed by atoms with Crippen molar-refractivity contribution in [1.82, 2.24) is 5.43 Å². The molecule has 0 aliphatic heterocycles. The Morgan fingerprint density at radius 1 is 1.45 bits per heavy atom. The van der Waals surface area contributed by atoms with Crippen molar-refractivity contribution < 1.29 is 13.9 Å². The largest absolute Gasteiger partial charge is 0.494 e. The van der Waals surface area contributed by atoms with Gasteiger partial charge in [-0.3, -0.25) is 4.79 Å². The molecule has 104 valence electrons. The van der Waals surface area contributed by atoms with Crippen LogP contribution < -0.4 is 10.2 Å². The molecule has 0 spiro atoms. The second-order valence-electron chi connectivity index (χ2n) is 3.81. The topological polar surface area (TPSA) is 63.8 Å². The summed E-state index contributed by atoms with van der Waals surface area (Å²) in [5.74, 6) is 0.544. The van der Waals surface area contributed by atoms with Gasteiger partial charge < -0.3 is 9.15 Å². The number of amides is 1. The molecule has 6 heteroatoms. The predicted octanol–water partition coefficient (Wildman–Crippen LogP) is 3.20. The van der Waals surface area contributed by atoms with E-state index >= 15 is 0 Å². The first kappa shape index (κ1) is 14.3. The van der Waals surface area contributed by atoms with Crippen molar-refractivity contribution in [2.24, 2.45) is 5.10 Å². The average Bonchev–Trinajstić information content (AvgIpc) is 2.86. The molecular weight excluding hydrogens is 324 g/mol. The molecule has 0 aliphatic rings. The van der Waals surface area contributed by atoms with Crippen LogP contribution in [0.3, 0.4) is 0 Å². The molecule has 1 aromatic heterocycles. The van der Waals surface area contributed by atoms with E-state index in [2.05, 4.69) is 26.5 Å². The van der Waals surface area contributed by atoms with Gasteiger partial charge in [0.1, 0.15) is 5.75 Å². The zero-order valence-corrected chi connectivity index (χ0v) is 12.4. The average molecular weight is 337 g/mol. The zero-order chi connectivity index (χ0) is 14.4. The summed E-state index contributed by atoms with van der Waals surface area (Å²) in [6.07, 6.45) is 1.54. The van der Waals surface area contributed by atoms with Crippen LogP contribution >= 0.6 is 15.9 Å². The Morgan fingerprint density at radius 2 is 2.30 bits per heavy atom. The standard InChI is InChI=1S/C14H13BrN2O3/c1-2-19-11-5-3-4-10(8-11)9-16-17-14(18)12-6-7-13(15)20-12/h3-9H,2H2,1H3,(H,17,18). The summed E-state index contributed by atoms with van der Waals surface area (Å²) in [4.78, 5) is 11.7. The minimum Gasteiger partial charge on any atom is -0.494 e. The minimum absolute atomic E-state index is 0.192. The number of carbonyl (C=O) groups excluding carboxylic acids is 1. The van der Waals surface area contributed by atoms with Gasteiger partial charge in [0.15, 0.2) is 10.4 Å². The van der Waals surface area contributed by atoms with Crippen molar-refractivity contribution in [2.45, 2.75) is 6.92 Å². The molecule has 2 aromatic rings. The molecule has 0 bridgehead atoms. The van der Waals surface area contributed by atoms with E-state index in [4.69, 9.17) is 9.15 Å². The Bertz CT molecular complexity index is 622. The van der Waals surface area contributed by atoms with Crippen LogP contribution in [0.1, 0.15) is 23.0 Å². The molecule has 1 aromatic carbocycles. The van der Waals surface area contributed by atoms with Gasteiger partial charge in [-0.15, -0.1) is 0 Å². The molecule has 0 atom stereocenters. The fraction of sp³-hybridized carbons (Fsp3) is 0.143. The van der Waals surface area contributed by atoms with Gasteiger partial charge in [-0.05, 0) is 52.7 Å². The quantitative estimate of drug-likeness (QED) is 0.673. The molecule has 20 heavy (non-hydrogen) atoms. The lowest BCUT2D eigenvalue weighted by Gasteiger charge is -2.02. The number of rotatable bonds is 5. The molecule has 1 amide bonds. The van der Waals surface area contributed by atoms with Crippen LogP contribution in [0, 0.1) is 0 Å². The number of hydrogen-bond acceptors (Lipinski definition) is 4. The molecular formula is C14H13BrN2O3. The minimum atomic E-state index is -0.409. The highest BCUT2D eigenvalue weighted by Crippen LogP contribution is 2.14. The number of nitrogens with one attached hydrogen (secondary N) is 1. The molecule has 5 nitrogen and oxygen atoms in total. The lowest BCUT2D eigenvalue weighted by atomic mass is 10.2. The number of nitrogens with zero attached hydrogens (tertiary/aromatic N) is 1. The van der Waals surface area contributed by atoms with Crippen LogP contribution in [-0.2, 0) is 0 Å². The second-order valence-corrected chi connectivity index (χ2v) is 4.59. The Labute approximate surface area is 124 Å². The second kappa shape index (κ2) is 6.91. The third kappa shape index (κ3) is 3.96. The maximum Gasteiger partial charge on any atom is 0.307 e. The SMILES string of the molecule is CCOc1cccc(C=NNC(=O)c2ccc(Br)o2)c1. The van der Waals surface area contributed by atoms with Gasteiger partial charge in [0.2, 0.25) is 0 Å². The molecule has 1 N–H and O–H groups in total. The van der Waals surface area contributed by atoms with Gasteiger partial charge in [0, 0.05) is 0 Å². The highest BCUT2D eigenvalue weighted by Gasteiger charge is 2.08. The number of hydrazone groups is 1. The van der Waals surface area contributed by atoms with Crippen molar-refractivity contribution in [2.75, 3.05) is 6.61 Å². The van der Waals surface area contributed by atoms with Crippen LogP contribution in [0.5, 0.6) is 5.75 Å². The van der Waals surface area contributed by atoms with Crippen LogP contribution in [0.15, 0.2) is 50.6 Å². The summed E-state index contributed by atoms with van der Waals surface area (Å²) in [6.45, 7) is 2.52. The predicted molar refractivity (Wildman–Crippen MR) is 79.1 cm³/mol. The van der Waals surface area contributed by atoms with E-state index in [1.807, 2.05) is 31.2 Å². The third-order valence-electron chi connectivity index (χ3n) is 2.35. The summed E-state index contributed by atoms with van der Waals surface area (Å²) in [5, 5.41) is 3.87. The van der Waals surface area contributed by atoms with E-state index in [1.54, 1.807) is 18.3 Å². The van der Waals surface area contributed by atoms with Crippen LogP contribution in [-0.4, -0.2) is 18.7 Å². The lowest BCUT2D eigenvalue weighted by Crippen LogP contribution is -2.16. The maximum absolute atomic E-state index is 11.7. The molecule has 1 heterocycles. The summed E-state index contributed by atoms with van der Waals surface area (Å²) in [6, 6.07) is 10.6. The van der Waals surface area contributed by atoms with Crippen molar-refractivity contribution in [3.8, 4) is 5.75 Å². The number of carbonyl (C=O) groups is 1. The van der Waals surface area contributed by atoms with Gasteiger partial charge in [-0.2, -0.15) is 5.10 Å². The summed E-state index contributed by atoms with van der Waals surface area (Å²) < 4.78 is 11.0. The van der Waals surface area contributed by atoms with Crippen molar-refractivity contribution >= 4 is 28.1 Å². The number of ether oxygens (including phenoxy) is 1. The Morgan fingerprint density at radius 3 is 3.00 bits per heavy atom. The zero-order valence-electron chi connectivity index (χ0n) is 10.8. The fourth-order valence-electron chi connectivity index (χ4n) is 1.51. The first-order chi connectivity index (χ1) is 9.69. The van der Waals surface area contributed by atoms with Gasteiger partial charge in [-0.1, -0.05) is 12.1 Å². The summed E-state index contributed by atoms with van der Waals surface area (Å²) in [5.41, 5.74) is 3.22. The smallest absolute Gasteiger partial charge is 0.307 e. The molecule has 0 aliphatic carbocycles. The van der Waals surface area contributed by atoms with Gasteiger partial charge in [-0.25, -0.2) is 5.43 Å². The van der Waals surface area contributed by atoms with E-state index in [9.17, 15) is 4.79 Å². The molecule has 0 saturated carbocycles. The van der Waals surface area contributed by atoms with Crippen molar-refractivity contribution in [3.05, 3.63) is 52.4 Å². The van der Waals surface area contributed by atoms with E-state index in [-0.39, 0.29) is 5.76 Å². The van der Waals surface area contributed by atoms with Crippen molar-refractivity contribution in [3.63, 3.8) is 0 Å². The Kier molecular flexibility index (Phi) is 4.95. The number of hydrogen-bond donors (Lipinski definition) is 1. The molecule has 0 saturated heterocycles. The van der Waals surface area contributed by atoms with Crippen LogP contribution in [0.2, 0.25) is 0 Å². The normalized spacial score (nSPS) is 10.7. The van der Waals surface area contributed by atoms with E-state index in [0.717, 1.165) is 11.3 Å². The Balaban J connectivity index is 1.96. The maximum atomic E-state index is 11.7. The molecule has 0 unspecified atom stereocenters. The number of furan rings is 1. The fourth-order valence-corrected chi connectivity index (χ4v) is 1.81. The highest BCUT2D eigenvalue weighted by atomic mass is 79.9. The number of benzene rings is 1. The Hall–Kier alpha value is -2.08. The summed E-state index contributed by atoms with van der Waals surface area (Å²) in [7, 11) is 0. The van der Waals surface area contributed by atoms with Gasteiger partial charge in [0.25, 0.3) is 0 Å². The van der Waals surface area contributed by atoms with Crippen LogP contribution in [0.25, 0.3) is 0 Å². The van der Waals surface area contributed by atoms with E-state index < -0.39 is 5.91 Å². The van der Waals surface area contributed by atoms with E-state index in [0.29, 0.717) is 11.3 Å². The van der Waals surface area contributed by atoms with Crippen LogP contribution in [0.4, 0.5) is 0 Å². The lowest BCUT2D eigenvalue weighted by molar-refractivity contribution is 0.0926. The third-order valence-corrected chi connectivity index (χ3v) is 2.77. The van der Waals surface area contributed by atoms with Crippen molar-refractivity contribution in [1.29, 1.82) is 0 Å². The van der Waals surface area contributed by atoms with E-state index in [1.165, 1.54) is 0 Å². The van der Waals surface area contributed by atoms with Gasteiger partial charge >= 0.3 is 5.91 Å². The summed E-state index contributed by atoms with van der Waals surface area (Å²) >= 11 is 3.13. The molecule has 2 rings (SSSR count). The first-order valence-electron chi connectivity index (χ1n) is 6.00. The molecule has 0 radical (unpaired) electrons. The monoisotopic (exact) mass is 336 g/mol.